The summed E-state index contributed by atoms with van der Waals surface area (Å²) in [4.78, 5) is 31.5. The van der Waals surface area contributed by atoms with E-state index in [9.17, 15) is 9.59 Å². The Balaban J connectivity index is 1.63. The maximum Gasteiger partial charge on any atom is 0.336 e. The maximum absolute atomic E-state index is 13.5. The smallest absolute Gasteiger partial charge is 0.336 e. The molecule has 0 N–H and O–H groups in total. The Morgan fingerprint density at radius 1 is 0.935 bits per heavy atom. The predicted octanol–water partition coefficient (Wildman–Crippen LogP) is 5.90. The molecular formula is C27H29NO3. The molecule has 2 atom stereocenters. The van der Waals surface area contributed by atoms with E-state index in [4.69, 9.17) is 9.73 Å². The quantitative estimate of drug-likeness (QED) is 0.587. The molecule has 1 heterocycles. The van der Waals surface area contributed by atoms with Crippen LogP contribution < -0.4 is 0 Å². The molecule has 0 radical (unpaired) electrons. The van der Waals surface area contributed by atoms with Gasteiger partial charge in [0, 0.05) is 23.7 Å². The van der Waals surface area contributed by atoms with Gasteiger partial charge in [-0.1, -0.05) is 48.9 Å². The van der Waals surface area contributed by atoms with E-state index >= 15 is 0 Å². The minimum Gasteiger partial charge on any atom is -0.459 e. The molecule has 4 nitrogen and oxygen atoms in total. The average molecular weight is 416 g/mol. The topological polar surface area (TPSA) is 55.7 Å². The van der Waals surface area contributed by atoms with Gasteiger partial charge in [0.2, 0.25) is 0 Å². The van der Waals surface area contributed by atoms with Crippen LogP contribution in [0.3, 0.4) is 0 Å². The Labute approximate surface area is 183 Å². The van der Waals surface area contributed by atoms with Gasteiger partial charge in [-0.2, -0.15) is 0 Å². The molecule has 2 saturated carbocycles. The standard InChI is InChI=1S/C27H29NO3/c1-17-24(27(30)31-19-11-3-2-4-12-19)25(26-22(28-17)15-8-16-23(26)29)21-14-7-10-18-9-5-6-13-20(18)21/h5-7,9-10,13-14,19,25-26H,2-4,8,11-12,15-16H2,1H3. The van der Waals surface area contributed by atoms with E-state index < -0.39 is 0 Å². The SMILES string of the molecule is CC1=C(C(=O)OC2CCCCC2)C(c2cccc3ccccc23)C2C(=O)CCCC2=N1. The first-order valence-electron chi connectivity index (χ1n) is 11.6. The van der Waals surface area contributed by atoms with E-state index in [1.807, 2.05) is 25.1 Å². The zero-order valence-corrected chi connectivity index (χ0v) is 18.1. The lowest BCUT2D eigenvalue weighted by Crippen LogP contribution is -2.39. The molecule has 3 aliphatic rings. The summed E-state index contributed by atoms with van der Waals surface area (Å²) < 4.78 is 6.00. The Kier molecular flexibility index (Phi) is 5.47. The van der Waals surface area contributed by atoms with Crippen LogP contribution in [0.15, 0.2) is 58.7 Å². The lowest BCUT2D eigenvalue weighted by atomic mass is 9.68. The lowest BCUT2D eigenvalue weighted by molar-refractivity contribution is -0.146. The average Bonchev–Trinajstić information content (AvgIpc) is 2.78. The monoisotopic (exact) mass is 415 g/mol. The van der Waals surface area contributed by atoms with E-state index in [0.717, 1.165) is 60.6 Å². The highest BCUT2D eigenvalue weighted by Crippen LogP contribution is 2.45. The molecule has 2 aromatic carbocycles. The number of fused-ring (bicyclic) bond motifs is 2. The van der Waals surface area contributed by atoms with Crippen LogP contribution in [0.1, 0.15) is 69.8 Å². The Bertz CT molecular complexity index is 1090. The second-order valence-electron chi connectivity index (χ2n) is 9.11. The number of Topliss-reactive ketones (excluding diaryl/α,β-unsaturated/α-hetero) is 1. The molecule has 2 unspecified atom stereocenters. The fraction of sp³-hybridized carbons (Fsp3) is 0.444. The van der Waals surface area contributed by atoms with Crippen LogP contribution in [-0.4, -0.2) is 23.6 Å². The zero-order chi connectivity index (χ0) is 21.4. The van der Waals surface area contributed by atoms with Crippen LogP contribution in [-0.2, 0) is 14.3 Å². The van der Waals surface area contributed by atoms with Gasteiger partial charge >= 0.3 is 5.97 Å². The Morgan fingerprint density at radius 3 is 2.55 bits per heavy atom. The van der Waals surface area contributed by atoms with Crippen molar-refractivity contribution in [2.45, 2.75) is 70.3 Å². The molecule has 0 bridgehead atoms. The van der Waals surface area contributed by atoms with Crippen molar-refractivity contribution in [3.63, 3.8) is 0 Å². The highest BCUT2D eigenvalue weighted by atomic mass is 16.5. The molecule has 2 fully saturated rings. The van der Waals surface area contributed by atoms with Crippen molar-refractivity contribution >= 4 is 28.2 Å². The Morgan fingerprint density at radius 2 is 1.71 bits per heavy atom. The molecule has 0 amide bonds. The number of carbonyl (C=O) groups is 2. The molecule has 2 aliphatic carbocycles. The van der Waals surface area contributed by atoms with E-state index in [-0.39, 0.29) is 29.7 Å². The van der Waals surface area contributed by atoms with Crippen LogP contribution in [0, 0.1) is 5.92 Å². The van der Waals surface area contributed by atoms with Gasteiger partial charge in [-0.25, -0.2) is 4.79 Å². The van der Waals surface area contributed by atoms with Crippen LogP contribution in [0.25, 0.3) is 10.8 Å². The third-order valence-electron chi connectivity index (χ3n) is 7.11. The van der Waals surface area contributed by atoms with Crippen molar-refractivity contribution in [3.05, 3.63) is 59.3 Å². The van der Waals surface area contributed by atoms with Gasteiger partial charge in [0.25, 0.3) is 0 Å². The van der Waals surface area contributed by atoms with Gasteiger partial charge < -0.3 is 4.74 Å². The number of hydrogen-bond acceptors (Lipinski definition) is 4. The summed E-state index contributed by atoms with van der Waals surface area (Å²) in [7, 11) is 0. The van der Waals surface area contributed by atoms with Gasteiger partial charge in [-0.3, -0.25) is 9.79 Å². The predicted molar refractivity (Wildman–Crippen MR) is 122 cm³/mol. The van der Waals surface area contributed by atoms with Crippen molar-refractivity contribution in [1.29, 1.82) is 0 Å². The number of allylic oxidation sites excluding steroid dienone is 1. The van der Waals surface area contributed by atoms with Crippen LogP contribution in [0.4, 0.5) is 0 Å². The third kappa shape index (κ3) is 3.73. The normalized spacial score (nSPS) is 24.7. The van der Waals surface area contributed by atoms with E-state index in [1.165, 1.54) is 6.42 Å². The lowest BCUT2D eigenvalue weighted by Gasteiger charge is -2.36. The summed E-state index contributed by atoms with van der Waals surface area (Å²) in [6.07, 6.45) is 7.45. The maximum atomic E-state index is 13.5. The van der Waals surface area contributed by atoms with Crippen LogP contribution in [0.2, 0.25) is 0 Å². The summed E-state index contributed by atoms with van der Waals surface area (Å²) >= 11 is 0. The zero-order valence-electron chi connectivity index (χ0n) is 18.1. The van der Waals surface area contributed by atoms with Gasteiger partial charge in [0.1, 0.15) is 11.9 Å². The minimum atomic E-state index is -0.364. The molecule has 0 aromatic heterocycles. The van der Waals surface area contributed by atoms with Gasteiger partial charge in [0.15, 0.2) is 0 Å². The van der Waals surface area contributed by atoms with Gasteiger partial charge in [-0.15, -0.1) is 0 Å². The second-order valence-corrected chi connectivity index (χ2v) is 9.11. The molecule has 4 heteroatoms. The van der Waals surface area contributed by atoms with Crippen molar-refractivity contribution in [2.24, 2.45) is 10.9 Å². The third-order valence-corrected chi connectivity index (χ3v) is 7.11. The summed E-state index contributed by atoms with van der Waals surface area (Å²) in [6, 6.07) is 14.4. The number of carbonyl (C=O) groups excluding carboxylic acids is 2. The number of hydrogen-bond donors (Lipinski definition) is 0. The van der Waals surface area contributed by atoms with Crippen LogP contribution >= 0.6 is 0 Å². The summed E-state index contributed by atoms with van der Waals surface area (Å²) in [5, 5.41) is 2.20. The van der Waals surface area contributed by atoms with Gasteiger partial charge in [-0.05, 0) is 61.8 Å². The Hall–Kier alpha value is -2.75. The summed E-state index contributed by atoms with van der Waals surface area (Å²) in [5.41, 5.74) is 3.24. The van der Waals surface area contributed by atoms with Gasteiger partial charge in [0.05, 0.1) is 11.5 Å². The number of benzene rings is 2. The minimum absolute atomic E-state index is 0.0258. The molecule has 0 spiro atoms. The van der Waals surface area contributed by atoms with Crippen molar-refractivity contribution in [1.82, 2.24) is 0 Å². The first kappa shape index (κ1) is 20.2. The number of rotatable bonds is 3. The summed E-state index contributed by atoms with van der Waals surface area (Å²) in [5.74, 6) is -0.790. The molecule has 5 rings (SSSR count). The number of esters is 1. The van der Waals surface area contributed by atoms with E-state index in [2.05, 4.69) is 24.3 Å². The van der Waals surface area contributed by atoms with Crippen molar-refractivity contribution < 1.29 is 14.3 Å². The molecular weight excluding hydrogens is 386 g/mol. The molecule has 2 aromatic rings. The van der Waals surface area contributed by atoms with Crippen LogP contribution in [0.5, 0.6) is 0 Å². The number of ether oxygens (including phenoxy) is 1. The summed E-state index contributed by atoms with van der Waals surface area (Å²) in [6.45, 7) is 1.90. The molecule has 0 saturated heterocycles. The molecule has 160 valence electrons. The highest BCUT2D eigenvalue weighted by molar-refractivity contribution is 6.12. The molecule has 1 aliphatic heterocycles. The number of ketones is 1. The van der Waals surface area contributed by atoms with Crippen molar-refractivity contribution in [3.8, 4) is 0 Å². The first-order chi connectivity index (χ1) is 15.1. The fourth-order valence-corrected chi connectivity index (χ4v) is 5.64. The highest BCUT2D eigenvalue weighted by Gasteiger charge is 2.44. The molecule has 31 heavy (non-hydrogen) atoms. The van der Waals surface area contributed by atoms with E-state index in [1.54, 1.807) is 0 Å². The largest absolute Gasteiger partial charge is 0.459 e. The first-order valence-corrected chi connectivity index (χ1v) is 11.6. The fourth-order valence-electron chi connectivity index (χ4n) is 5.64. The number of nitrogens with zero attached hydrogens (tertiary/aromatic N) is 1. The van der Waals surface area contributed by atoms with E-state index in [0.29, 0.717) is 17.7 Å². The van der Waals surface area contributed by atoms with Crippen molar-refractivity contribution in [2.75, 3.05) is 0 Å². The number of aliphatic imine (C=N–C) groups is 1. The second kappa shape index (κ2) is 8.41.